The molecule has 0 spiro atoms. The van der Waals surface area contributed by atoms with Crippen molar-refractivity contribution in [1.29, 1.82) is 0 Å². The molecule has 116 valence electrons. The Balaban J connectivity index is 3.33. The van der Waals surface area contributed by atoms with E-state index in [2.05, 4.69) is 15.9 Å². The van der Waals surface area contributed by atoms with Crippen LogP contribution in [0.4, 0.5) is 24.5 Å². The van der Waals surface area contributed by atoms with Crippen LogP contribution >= 0.6 is 15.9 Å². The van der Waals surface area contributed by atoms with Crippen molar-refractivity contribution in [2.45, 2.75) is 25.6 Å². The number of halogens is 4. The molecule has 1 unspecified atom stereocenters. The minimum Gasteiger partial charge on any atom is -0.479 e. The first-order valence-electron chi connectivity index (χ1n) is 5.43. The van der Waals surface area contributed by atoms with Gasteiger partial charge in [0.05, 0.1) is 10.6 Å². The van der Waals surface area contributed by atoms with E-state index < -0.39 is 22.6 Å². The molecule has 0 aliphatic heterocycles. The lowest BCUT2D eigenvalue weighted by molar-refractivity contribution is -0.385. The second-order valence-electron chi connectivity index (χ2n) is 4.43. The number of anilines is 1. The maximum absolute atomic E-state index is 12.9. The van der Waals surface area contributed by atoms with Crippen molar-refractivity contribution < 1.29 is 28.0 Å². The van der Waals surface area contributed by atoms with Gasteiger partial charge in [0.1, 0.15) is 0 Å². The van der Waals surface area contributed by atoms with Crippen LogP contribution in [0.25, 0.3) is 0 Å². The molecule has 0 saturated heterocycles. The predicted octanol–water partition coefficient (Wildman–Crippen LogP) is 3.48. The zero-order valence-electron chi connectivity index (χ0n) is 10.8. The fourth-order valence-corrected chi connectivity index (χ4v) is 1.91. The molecule has 0 saturated carbocycles. The van der Waals surface area contributed by atoms with E-state index in [4.69, 9.17) is 5.11 Å². The van der Waals surface area contributed by atoms with E-state index in [-0.39, 0.29) is 21.4 Å². The fraction of sp³-hybridized carbons (Fsp3) is 0.364. The van der Waals surface area contributed by atoms with E-state index in [1.54, 1.807) is 0 Å². The minimum absolute atomic E-state index is 0.0449. The van der Waals surface area contributed by atoms with E-state index >= 15 is 0 Å². The Morgan fingerprint density at radius 3 is 2.33 bits per heavy atom. The van der Waals surface area contributed by atoms with Gasteiger partial charge in [-0.05, 0) is 35.8 Å². The molecule has 0 aliphatic carbocycles. The molecule has 21 heavy (non-hydrogen) atoms. The summed E-state index contributed by atoms with van der Waals surface area (Å²) < 4.78 is 38.7. The van der Waals surface area contributed by atoms with Gasteiger partial charge in [-0.15, -0.1) is 0 Å². The topological polar surface area (TPSA) is 92.5 Å². The van der Waals surface area contributed by atoms with Crippen molar-refractivity contribution in [3.63, 3.8) is 0 Å². The van der Waals surface area contributed by atoms with Gasteiger partial charge in [0.2, 0.25) is 5.54 Å². The van der Waals surface area contributed by atoms with Crippen LogP contribution in [0.1, 0.15) is 12.5 Å². The number of nitrogens with zero attached hydrogens (tertiary/aromatic N) is 1. The van der Waals surface area contributed by atoms with Crippen LogP contribution < -0.4 is 5.32 Å². The SMILES string of the molecule is Cc1cc(NC(C)(C(=O)O)C(F)(F)F)c(Br)cc1[N+](=O)[O-]. The van der Waals surface area contributed by atoms with Gasteiger partial charge in [-0.2, -0.15) is 13.2 Å². The Morgan fingerprint density at radius 2 is 1.95 bits per heavy atom. The number of hydrogen-bond acceptors (Lipinski definition) is 4. The number of nitro benzene ring substituents is 1. The molecule has 6 nitrogen and oxygen atoms in total. The molecule has 10 heteroatoms. The van der Waals surface area contributed by atoms with Crippen LogP contribution in [0.2, 0.25) is 0 Å². The minimum atomic E-state index is -5.06. The molecule has 0 fully saturated rings. The normalized spacial score (nSPS) is 14.4. The molecule has 0 bridgehead atoms. The van der Waals surface area contributed by atoms with Crippen molar-refractivity contribution >= 4 is 33.3 Å². The number of nitrogens with one attached hydrogen (secondary N) is 1. The van der Waals surface area contributed by atoms with Gasteiger partial charge in [-0.25, -0.2) is 4.79 Å². The Morgan fingerprint density at radius 1 is 1.43 bits per heavy atom. The molecule has 0 aliphatic rings. The highest BCUT2D eigenvalue weighted by atomic mass is 79.9. The van der Waals surface area contributed by atoms with Crippen LogP contribution in [0.3, 0.4) is 0 Å². The Bertz CT molecular complexity index is 606. The van der Waals surface area contributed by atoms with E-state index in [9.17, 15) is 28.1 Å². The van der Waals surface area contributed by atoms with Crippen LogP contribution in [0, 0.1) is 17.0 Å². The smallest absolute Gasteiger partial charge is 0.422 e. The third-order valence-electron chi connectivity index (χ3n) is 2.86. The molecule has 2 N–H and O–H groups in total. The Labute approximate surface area is 125 Å². The summed E-state index contributed by atoms with van der Waals surface area (Å²) in [6.07, 6.45) is -5.06. The van der Waals surface area contributed by atoms with Gasteiger partial charge in [0, 0.05) is 16.1 Å². The molecule has 1 aromatic carbocycles. The molecule has 0 radical (unpaired) electrons. The molecular weight excluding hydrogens is 361 g/mol. The highest BCUT2D eigenvalue weighted by Gasteiger charge is 2.57. The Hall–Kier alpha value is -1.84. The highest BCUT2D eigenvalue weighted by molar-refractivity contribution is 9.10. The van der Waals surface area contributed by atoms with E-state index in [0.29, 0.717) is 6.92 Å². The number of nitro groups is 1. The number of aryl methyl sites for hydroxylation is 1. The predicted molar refractivity (Wildman–Crippen MR) is 71.3 cm³/mol. The lowest BCUT2D eigenvalue weighted by atomic mass is 10.0. The van der Waals surface area contributed by atoms with Gasteiger partial charge in [-0.3, -0.25) is 10.1 Å². The number of carboxylic acids is 1. The maximum atomic E-state index is 12.9. The summed E-state index contributed by atoms with van der Waals surface area (Å²) in [4.78, 5) is 21.0. The highest BCUT2D eigenvalue weighted by Crippen LogP contribution is 2.37. The van der Waals surface area contributed by atoms with Gasteiger partial charge >= 0.3 is 12.1 Å². The third kappa shape index (κ3) is 3.26. The summed E-state index contributed by atoms with van der Waals surface area (Å²) in [5.41, 5.74) is -3.63. The summed E-state index contributed by atoms with van der Waals surface area (Å²) in [6.45, 7) is 1.81. The van der Waals surface area contributed by atoms with Crippen molar-refractivity contribution in [3.8, 4) is 0 Å². The molecule has 1 aromatic rings. The summed E-state index contributed by atoms with van der Waals surface area (Å²) in [5, 5.41) is 21.4. The monoisotopic (exact) mass is 370 g/mol. The summed E-state index contributed by atoms with van der Waals surface area (Å²) in [5.74, 6) is -2.11. The third-order valence-corrected chi connectivity index (χ3v) is 3.52. The first-order chi connectivity index (χ1) is 9.40. The average Bonchev–Trinajstić information content (AvgIpc) is 2.31. The fourth-order valence-electron chi connectivity index (χ4n) is 1.48. The Kier molecular flexibility index (Phi) is 4.51. The summed E-state index contributed by atoms with van der Waals surface area (Å²) in [7, 11) is 0. The average molecular weight is 371 g/mol. The van der Waals surface area contributed by atoms with Crippen molar-refractivity contribution in [3.05, 3.63) is 32.3 Å². The van der Waals surface area contributed by atoms with Gasteiger partial charge in [0.25, 0.3) is 5.69 Å². The van der Waals surface area contributed by atoms with Gasteiger partial charge < -0.3 is 10.4 Å². The number of hydrogen-bond donors (Lipinski definition) is 2. The zero-order valence-corrected chi connectivity index (χ0v) is 12.4. The van der Waals surface area contributed by atoms with E-state index in [0.717, 1.165) is 12.1 Å². The second kappa shape index (κ2) is 5.51. The molecule has 0 amide bonds. The molecular formula is C11H10BrF3N2O4. The van der Waals surface area contributed by atoms with E-state index in [1.165, 1.54) is 6.92 Å². The maximum Gasteiger partial charge on any atom is 0.422 e. The van der Waals surface area contributed by atoms with E-state index in [1.807, 2.05) is 5.32 Å². The lowest BCUT2D eigenvalue weighted by Gasteiger charge is -2.30. The lowest BCUT2D eigenvalue weighted by Crippen LogP contribution is -2.55. The molecule has 0 heterocycles. The van der Waals surface area contributed by atoms with Crippen LogP contribution in [-0.4, -0.2) is 27.7 Å². The number of alkyl halides is 3. The summed E-state index contributed by atoms with van der Waals surface area (Å²) in [6, 6.07) is 2.09. The van der Waals surface area contributed by atoms with Crippen molar-refractivity contribution in [2.75, 3.05) is 5.32 Å². The van der Waals surface area contributed by atoms with Gasteiger partial charge in [0.15, 0.2) is 0 Å². The van der Waals surface area contributed by atoms with Gasteiger partial charge in [-0.1, -0.05) is 0 Å². The van der Waals surface area contributed by atoms with Crippen molar-refractivity contribution in [1.82, 2.24) is 0 Å². The first-order valence-corrected chi connectivity index (χ1v) is 6.22. The molecule has 1 atom stereocenters. The largest absolute Gasteiger partial charge is 0.479 e. The van der Waals surface area contributed by atoms with Crippen LogP contribution in [0.5, 0.6) is 0 Å². The number of carboxylic acid groups (broad SMARTS) is 1. The van der Waals surface area contributed by atoms with Crippen LogP contribution in [-0.2, 0) is 4.79 Å². The summed E-state index contributed by atoms with van der Waals surface area (Å²) >= 11 is 2.89. The van der Waals surface area contributed by atoms with Crippen LogP contribution in [0.15, 0.2) is 16.6 Å². The zero-order chi connectivity index (χ0) is 16.6. The van der Waals surface area contributed by atoms with Crippen molar-refractivity contribution in [2.24, 2.45) is 0 Å². The number of rotatable bonds is 4. The number of benzene rings is 1. The molecule has 1 rings (SSSR count). The second-order valence-corrected chi connectivity index (χ2v) is 5.28. The number of aliphatic carboxylic acids is 1. The standard InChI is InChI=1S/C11H10BrF3N2O4/c1-5-3-7(6(12)4-8(5)17(20)21)16-10(2,9(18)19)11(13,14)15/h3-4,16H,1-2H3,(H,18,19). The molecule has 0 aromatic heterocycles. The number of carbonyl (C=O) groups is 1. The quantitative estimate of drug-likeness (QED) is 0.625. The first kappa shape index (κ1) is 17.2.